The number of hydrogen-bond acceptors (Lipinski definition) is 1. The van der Waals surface area contributed by atoms with Crippen molar-refractivity contribution in [2.24, 2.45) is 5.41 Å². The molecule has 0 saturated heterocycles. The molecule has 1 aliphatic carbocycles. The normalized spacial score (nSPS) is 19.6. The van der Waals surface area contributed by atoms with E-state index < -0.39 is 0 Å². The summed E-state index contributed by atoms with van der Waals surface area (Å²) in [6.45, 7) is 2.23. The fourth-order valence-electron chi connectivity index (χ4n) is 2.49. The van der Waals surface area contributed by atoms with Gasteiger partial charge in [0.05, 0.1) is 0 Å². The van der Waals surface area contributed by atoms with Gasteiger partial charge in [0.15, 0.2) is 0 Å². The van der Waals surface area contributed by atoms with Crippen molar-refractivity contribution in [1.29, 1.82) is 0 Å². The molecule has 1 saturated carbocycles. The highest BCUT2D eigenvalue weighted by atomic mass is 35.5. The molecule has 0 heterocycles. The minimum Gasteiger partial charge on any atom is -0.460 e. The molecular weight excluding hydrogens is 267 g/mol. The van der Waals surface area contributed by atoms with Crippen molar-refractivity contribution in [3.63, 3.8) is 0 Å². The molecule has 0 bridgehead atoms. The number of hydrogen-bond donors (Lipinski definition) is 0. The van der Waals surface area contributed by atoms with Crippen LogP contribution in [0.5, 0.6) is 5.75 Å². The Kier molecular flexibility index (Phi) is 4.58. The zero-order valence-electron chi connectivity index (χ0n) is 10.6. The Bertz CT molecular complexity index is 417. The second-order valence-electron chi connectivity index (χ2n) is 5.15. The van der Waals surface area contributed by atoms with E-state index in [9.17, 15) is 0 Å². The van der Waals surface area contributed by atoms with Gasteiger partial charge in [0.2, 0.25) is 0 Å². The summed E-state index contributed by atoms with van der Waals surface area (Å²) in [6.07, 6.45) is 6.08. The van der Waals surface area contributed by atoms with E-state index >= 15 is 0 Å². The van der Waals surface area contributed by atoms with Crippen LogP contribution in [0.25, 0.3) is 0 Å². The fourth-order valence-corrected chi connectivity index (χ4v) is 2.92. The van der Waals surface area contributed by atoms with Crippen LogP contribution in [0.15, 0.2) is 35.6 Å². The lowest BCUT2D eigenvalue weighted by atomic mass is 9.74. The number of ether oxygens (including phenoxy) is 1. The Morgan fingerprint density at radius 2 is 1.78 bits per heavy atom. The van der Waals surface area contributed by atoms with Crippen LogP contribution in [0.1, 0.15) is 39.0 Å². The maximum Gasteiger partial charge on any atom is 0.127 e. The summed E-state index contributed by atoms with van der Waals surface area (Å²) in [4.78, 5) is 0. The first-order chi connectivity index (χ1) is 8.64. The first-order valence-corrected chi connectivity index (χ1v) is 7.20. The molecule has 1 aromatic carbocycles. The van der Waals surface area contributed by atoms with Crippen LogP contribution in [-0.4, -0.2) is 0 Å². The number of rotatable bonds is 3. The Labute approximate surface area is 119 Å². The van der Waals surface area contributed by atoms with Crippen molar-refractivity contribution in [2.75, 3.05) is 0 Å². The highest BCUT2D eigenvalue weighted by Gasteiger charge is 2.32. The van der Waals surface area contributed by atoms with Gasteiger partial charge < -0.3 is 4.74 Å². The molecule has 0 aliphatic heterocycles. The van der Waals surface area contributed by atoms with Gasteiger partial charge in [0.1, 0.15) is 11.5 Å². The van der Waals surface area contributed by atoms with Gasteiger partial charge in [-0.1, -0.05) is 49.4 Å². The predicted octanol–water partition coefficient (Wildman–Crippen LogP) is 5.77. The molecular formula is C15H18Cl2O. The summed E-state index contributed by atoms with van der Waals surface area (Å²) in [6, 6.07) is 7.39. The number of benzene rings is 1. The molecule has 0 amide bonds. The molecule has 2 rings (SSSR count). The lowest BCUT2D eigenvalue weighted by Crippen LogP contribution is -2.25. The van der Waals surface area contributed by atoms with Crippen LogP contribution in [0.4, 0.5) is 0 Å². The average Bonchev–Trinajstić information content (AvgIpc) is 2.38. The zero-order chi connectivity index (χ0) is 13.0. The summed E-state index contributed by atoms with van der Waals surface area (Å²) < 4.78 is 5.93. The van der Waals surface area contributed by atoms with Gasteiger partial charge in [-0.3, -0.25) is 0 Å². The Hall–Kier alpha value is -0.660. The Balaban J connectivity index is 2.12. The smallest absolute Gasteiger partial charge is 0.127 e. The Morgan fingerprint density at radius 3 is 2.33 bits per heavy atom. The second-order valence-corrected chi connectivity index (χ2v) is 5.81. The van der Waals surface area contributed by atoms with Crippen LogP contribution in [0, 0.1) is 5.41 Å². The first kappa shape index (κ1) is 13.8. The molecule has 1 fully saturated rings. The van der Waals surface area contributed by atoms with Crippen molar-refractivity contribution in [3.8, 4) is 5.75 Å². The molecule has 1 nitrogen and oxygen atoms in total. The maximum atomic E-state index is 5.96. The van der Waals surface area contributed by atoms with Crippen molar-refractivity contribution in [3.05, 3.63) is 40.6 Å². The van der Waals surface area contributed by atoms with E-state index in [0.717, 1.165) is 24.4 Å². The monoisotopic (exact) mass is 284 g/mol. The van der Waals surface area contributed by atoms with Crippen LogP contribution < -0.4 is 4.74 Å². The van der Waals surface area contributed by atoms with Gasteiger partial charge in [-0.15, -0.1) is 0 Å². The molecule has 18 heavy (non-hydrogen) atoms. The third-order valence-electron chi connectivity index (χ3n) is 3.69. The zero-order valence-corrected chi connectivity index (χ0v) is 12.1. The van der Waals surface area contributed by atoms with Crippen LogP contribution >= 0.6 is 23.2 Å². The standard InChI is InChI=1S/C15H18Cl2O/c1-15(9-3-2-4-10-15)14(11-16)18-13-7-5-12(17)6-8-13/h5-8,11H,2-4,9-10H2,1H3/b14-11-. The fraction of sp³-hybridized carbons (Fsp3) is 0.467. The number of allylic oxidation sites excluding steroid dienone is 1. The van der Waals surface area contributed by atoms with E-state index in [-0.39, 0.29) is 5.41 Å². The minimum atomic E-state index is 0.0691. The van der Waals surface area contributed by atoms with Crippen molar-refractivity contribution in [2.45, 2.75) is 39.0 Å². The molecule has 98 valence electrons. The van der Waals surface area contributed by atoms with E-state index in [0.29, 0.717) is 5.02 Å². The molecule has 3 heteroatoms. The molecule has 1 aliphatic rings. The van der Waals surface area contributed by atoms with E-state index in [1.807, 2.05) is 24.3 Å². The van der Waals surface area contributed by atoms with Crippen molar-refractivity contribution < 1.29 is 4.74 Å². The highest BCUT2D eigenvalue weighted by Crippen LogP contribution is 2.43. The predicted molar refractivity (Wildman–Crippen MR) is 77.2 cm³/mol. The van der Waals surface area contributed by atoms with Crippen LogP contribution in [0.2, 0.25) is 5.02 Å². The largest absolute Gasteiger partial charge is 0.460 e. The van der Waals surface area contributed by atoms with Crippen molar-refractivity contribution >= 4 is 23.2 Å². The van der Waals surface area contributed by atoms with Crippen LogP contribution in [-0.2, 0) is 0 Å². The quantitative estimate of drug-likeness (QED) is 0.640. The van der Waals surface area contributed by atoms with Gasteiger partial charge in [0.25, 0.3) is 0 Å². The lowest BCUT2D eigenvalue weighted by Gasteiger charge is -2.34. The summed E-state index contributed by atoms with van der Waals surface area (Å²) in [7, 11) is 0. The minimum absolute atomic E-state index is 0.0691. The van der Waals surface area contributed by atoms with Gasteiger partial charge in [-0.25, -0.2) is 0 Å². The van der Waals surface area contributed by atoms with E-state index in [1.54, 1.807) is 5.54 Å². The SMILES string of the molecule is CC1(/C(=C/Cl)Oc2ccc(Cl)cc2)CCCCC1. The topological polar surface area (TPSA) is 9.23 Å². The molecule has 0 spiro atoms. The summed E-state index contributed by atoms with van der Waals surface area (Å²) in [5, 5.41) is 0.711. The van der Waals surface area contributed by atoms with Crippen molar-refractivity contribution in [1.82, 2.24) is 0 Å². The van der Waals surface area contributed by atoms with Gasteiger partial charge in [-0.2, -0.15) is 0 Å². The molecule has 0 N–H and O–H groups in total. The summed E-state index contributed by atoms with van der Waals surface area (Å²) in [5.74, 6) is 1.66. The molecule has 0 aromatic heterocycles. The third-order valence-corrected chi connectivity index (χ3v) is 4.14. The lowest BCUT2D eigenvalue weighted by molar-refractivity contribution is 0.188. The maximum absolute atomic E-state index is 5.96. The summed E-state index contributed by atoms with van der Waals surface area (Å²) >= 11 is 11.8. The Morgan fingerprint density at radius 1 is 1.17 bits per heavy atom. The average molecular weight is 285 g/mol. The molecule has 0 atom stereocenters. The molecule has 1 aromatic rings. The molecule has 0 radical (unpaired) electrons. The van der Waals surface area contributed by atoms with Gasteiger partial charge in [0, 0.05) is 16.0 Å². The number of halogens is 2. The van der Waals surface area contributed by atoms with Gasteiger partial charge in [-0.05, 0) is 37.1 Å². The van der Waals surface area contributed by atoms with E-state index in [4.69, 9.17) is 27.9 Å². The van der Waals surface area contributed by atoms with E-state index in [2.05, 4.69) is 6.92 Å². The first-order valence-electron chi connectivity index (χ1n) is 6.38. The molecule has 0 unspecified atom stereocenters. The summed E-state index contributed by atoms with van der Waals surface area (Å²) in [5.41, 5.74) is 1.65. The highest BCUT2D eigenvalue weighted by molar-refractivity contribution is 6.30. The van der Waals surface area contributed by atoms with Gasteiger partial charge >= 0.3 is 0 Å². The van der Waals surface area contributed by atoms with E-state index in [1.165, 1.54) is 19.3 Å². The second kappa shape index (κ2) is 5.99. The van der Waals surface area contributed by atoms with Crippen LogP contribution in [0.3, 0.4) is 0 Å². The third kappa shape index (κ3) is 3.21.